The summed E-state index contributed by atoms with van der Waals surface area (Å²) < 4.78 is 5.18. The Morgan fingerprint density at radius 2 is 2.20 bits per heavy atom. The maximum Gasteiger partial charge on any atom is 0.160 e. The Morgan fingerprint density at radius 1 is 1.53 bits per heavy atom. The van der Waals surface area contributed by atoms with Crippen molar-refractivity contribution >= 4 is 5.78 Å². The number of hydrogen-bond acceptors (Lipinski definition) is 3. The number of nitrogens with zero attached hydrogens (tertiary/aromatic N) is 1. The van der Waals surface area contributed by atoms with Gasteiger partial charge in [0.05, 0.1) is 18.2 Å². The van der Waals surface area contributed by atoms with Crippen LogP contribution in [0.3, 0.4) is 0 Å². The lowest BCUT2D eigenvalue weighted by atomic mass is 9.89. The van der Waals surface area contributed by atoms with Gasteiger partial charge >= 0.3 is 0 Å². The second-order valence-corrected chi connectivity index (χ2v) is 4.20. The van der Waals surface area contributed by atoms with E-state index < -0.39 is 5.54 Å². The molecule has 84 valence electrons. The van der Waals surface area contributed by atoms with Crippen molar-refractivity contribution < 1.29 is 9.21 Å². The smallest absolute Gasteiger partial charge is 0.160 e. The molecule has 1 aromatic heterocycles. The molecule has 3 nitrogen and oxygen atoms in total. The molecule has 0 saturated carbocycles. The van der Waals surface area contributed by atoms with Crippen molar-refractivity contribution in [3.8, 4) is 0 Å². The molecule has 0 aliphatic carbocycles. The zero-order valence-electron chi connectivity index (χ0n) is 9.91. The summed E-state index contributed by atoms with van der Waals surface area (Å²) in [6, 6.07) is 3.64. The standard InChI is InChI=1S/C12H19NO2/c1-5-12(2,13(3)4)11(14)9-10-7-6-8-15-10/h6-8H,5,9H2,1-4H3. The van der Waals surface area contributed by atoms with Gasteiger partial charge in [-0.15, -0.1) is 0 Å². The summed E-state index contributed by atoms with van der Waals surface area (Å²) in [5.41, 5.74) is -0.396. The summed E-state index contributed by atoms with van der Waals surface area (Å²) in [6.45, 7) is 4.00. The first kappa shape index (κ1) is 12.0. The van der Waals surface area contributed by atoms with Crippen molar-refractivity contribution in [1.82, 2.24) is 4.90 Å². The summed E-state index contributed by atoms with van der Waals surface area (Å²) in [5, 5.41) is 0. The third-order valence-electron chi connectivity index (χ3n) is 3.19. The van der Waals surface area contributed by atoms with Crippen LogP contribution in [0.25, 0.3) is 0 Å². The number of Topliss-reactive ketones (excluding diaryl/α,β-unsaturated/α-hetero) is 1. The van der Waals surface area contributed by atoms with Gasteiger partial charge in [-0.1, -0.05) is 6.92 Å². The highest BCUT2D eigenvalue weighted by molar-refractivity contribution is 5.89. The summed E-state index contributed by atoms with van der Waals surface area (Å²) in [7, 11) is 3.87. The van der Waals surface area contributed by atoms with E-state index in [4.69, 9.17) is 4.42 Å². The number of carbonyl (C=O) groups is 1. The maximum absolute atomic E-state index is 12.1. The second-order valence-electron chi connectivity index (χ2n) is 4.20. The van der Waals surface area contributed by atoms with E-state index in [-0.39, 0.29) is 5.78 Å². The largest absolute Gasteiger partial charge is 0.469 e. The van der Waals surface area contributed by atoms with Gasteiger partial charge in [0.15, 0.2) is 5.78 Å². The third kappa shape index (κ3) is 2.48. The van der Waals surface area contributed by atoms with Crippen LogP contribution in [0.1, 0.15) is 26.0 Å². The summed E-state index contributed by atoms with van der Waals surface area (Å²) in [4.78, 5) is 14.1. The van der Waals surface area contributed by atoms with Crippen LogP contribution in [0, 0.1) is 0 Å². The highest BCUT2D eigenvalue weighted by atomic mass is 16.3. The number of furan rings is 1. The summed E-state index contributed by atoms with van der Waals surface area (Å²) >= 11 is 0. The topological polar surface area (TPSA) is 33.5 Å². The molecule has 1 unspecified atom stereocenters. The molecule has 0 fully saturated rings. The van der Waals surface area contributed by atoms with Crippen LogP contribution < -0.4 is 0 Å². The number of hydrogen-bond donors (Lipinski definition) is 0. The van der Waals surface area contributed by atoms with E-state index in [1.54, 1.807) is 6.26 Å². The summed E-state index contributed by atoms with van der Waals surface area (Å²) in [5.74, 6) is 0.937. The van der Waals surface area contributed by atoms with Crippen LogP contribution in [-0.4, -0.2) is 30.3 Å². The van der Waals surface area contributed by atoms with E-state index >= 15 is 0 Å². The number of likely N-dealkylation sites (N-methyl/N-ethyl adjacent to an activating group) is 1. The quantitative estimate of drug-likeness (QED) is 0.744. The first-order valence-corrected chi connectivity index (χ1v) is 5.24. The van der Waals surface area contributed by atoms with E-state index in [0.717, 1.165) is 12.2 Å². The minimum atomic E-state index is -0.396. The SMILES string of the molecule is CCC(C)(C(=O)Cc1ccco1)N(C)C. The van der Waals surface area contributed by atoms with Gasteiger partial charge in [-0.05, 0) is 39.6 Å². The summed E-state index contributed by atoms with van der Waals surface area (Å²) in [6.07, 6.45) is 2.77. The first-order chi connectivity index (χ1) is 7.00. The van der Waals surface area contributed by atoms with Crippen molar-refractivity contribution in [1.29, 1.82) is 0 Å². The van der Waals surface area contributed by atoms with Crippen LogP contribution in [0.15, 0.2) is 22.8 Å². The highest BCUT2D eigenvalue weighted by Crippen LogP contribution is 2.19. The minimum absolute atomic E-state index is 0.199. The van der Waals surface area contributed by atoms with Crippen molar-refractivity contribution in [3.05, 3.63) is 24.2 Å². The Hall–Kier alpha value is -1.09. The molecule has 0 bridgehead atoms. The fourth-order valence-corrected chi connectivity index (χ4v) is 1.52. The Kier molecular flexibility index (Phi) is 3.69. The van der Waals surface area contributed by atoms with Crippen molar-refractivity contribution in [2.24, 2.45) is 0 Å². The second kappa shape index (κ2) is 4.62. The van der Waals surface area contributed by atoms with E-state index in [1.165, 1.54) is 0 Å². The van der Waals surface area contributed by atoms with Crippen LogP contribution in [-0.2, 0) is 11.2 Å². The van der Waals surface area contributed by atoms with Crippen LogP contribution in [0.2, 0.25) is 0 Å². The lowest BCUT2D eigenvalue weighted by molar-refractivity contribution is -0.128. The molecule has 0 amide bonds. The highest BCUT2D eigenvalue weighted by Gasteiger charge is 2.33. The van der Waals surface area contributed by atoms with Crippen LogP contribution in [0.4, 0.5) is 0 Å². The molecule has 0 aliphatic rings. The lowest BCUT2D eigenvalue weighted by Crippen LogP contribution is -2.48. The number of carbonyl (C=O) groups excluding carboxylic acids is 1. The van der Waals surface area contributed by atoms with Crippen LogP contribution in [0.5, 0.6) is 0 Å². The average Bonchev–Trinajstić information content (AvgIpc) is 2.68. The molecule has 1 heterocycles. The van der Waals surface area contributed by atoms with E-state index in [1.807, 2.05) is 45.0 Å². The van der Waals surface area contributed by atoms with E-state index in [0.29, 0.717) is 6.42 Å². The van der Waals surface area contributed by atoms with Crippen molar-refractivity contribution in [2.45, 2.75) is 32.2 Å². The van der Waals surface area contributed by atoms with E-state index in [9.17, 15) is 4.79 Å². The average molecular weight is 209 g/mol. The van der Waals surface area contributed by atoms with Gasteiger partial charge in [0, 0.05) is 0 Å². The molecule has 1 atom stereocenters. The molecular formula is C12H19NO2. The lowest BCUT2D eigenvalue weighted by Gasteiger charge is -2.33. The fraction of sp³-hybridized carbons (Fsp3) is 0.583. The zero-order chi connectivity index (χ0) is 11.5. The van der Waals surface area contributed by atoms with Gasteiger partial charge in [-0.3, -0.25) is 9.69 Å². The predicted molar refractivity (Wildman–Crippen MR) is 59.8 cm³/mol. The predicted octanol–water partition coefficient (Wildman–Crippen LogP) is 2.12. The molecule has 3 heteroatoms. The fourth-order valence-electron chi connectivity index (χ4n) is 1.52. The van der Waals surface area contributed by atoms with Gasteiger partial charge in [0.2, 0.25) is 0 Å². The van der Waals surface area contributed by atoms with Gasteiger partial charge < -0.3 is 4.42 Å². The molecule has 1 rings (SSSR count). The Morgan fingerprint density at radius 3 is 2.60 bits per heavy atom. The molecule has 15 heavy (non-hydrogen) atoms. The molecule has 0 aliphatic heterocycles. The van der Waals surface area contributed by atoms with Crippen LogP contribution >= 0.6 is 0 Å². The first-order valence-electron chi connectivity index (χ1n) is 5.24. The molecule has 0 N–H and O–H groups in total. The monoisotopic (exact) mass is 209 g/mol. The maximum atomic E-state index is 12.1. The molecule has 1 aromatic rings. The molecule has 0 radical (unpaired) electrons. The zero-order valence-corrected chi connectivity index (χ0v) is 9.91. The minimum Gasteiger partial charge on any atom is -0.469 e. The van der Waals surface area contributed by atoms with E-state index in [2.05, 4.69) is 0 Å². The molecule has 0 aromatic carbocycles. The Balaban J connectivity index is 2.74. The third-order valence-corrected chi connectivity index (χ3v) is 3.19. The number of ketones is 1. The molecular weight excluding hydrogens is 190 g/mol. The van der Waals surface area contributed by atoms with Gasteiger partial charge in [-0.2, -0.15) is 0 Å². The Labute approximate surface area is 91.1 Å². The molecule has 0 spiro atoms. The van der Waals surface area contributed by atoms with Crippen molar-refractivity contribution in [2.75, 3.05) is 14.1 Å². The van der Waals surface area contributed by atoms with Gasteiger partial charge in [-0.25, -0.2) is 0 Å². The van der Waals surface area contributed by atoms with Gasteiger partial charge in [0.25, 0.3) is 0 Å². The van der Waals surface area contributed by atoms with Crippen molar-refractivity contribution in [3.63, 3.8) is 0 Å². The molecule has 0 saturated heterocycles. The Bertz CT molecular complexity index is 316. The normalized spacial score (nSPS) is 15.3. The number of rotatable bonds is 5. The van der Waals surface area contributed by atoms with Gasteiger partial charge in [0.1, 0.15) is 5.76 Å².